The van der Waals surface area contributed by atoms with Gasteiger partial charge in [0.1, 0.15) is 0 Å². The minimum Gasteiger partial charge on any atom is -0.466 e. The Kier molecular flexibility index (Phi) is 37.9. The molecule has 0 spiro atoms. The minimum atomic E-state index is -0.394. The Labute approximate surface area is 113 Å². The fourth-order valence-electron chi connectivity index (χ4n) is 0.372. The van der Waals surface area contributed by atoms with Crippen LogP contribution in [0.5, 0.6) is 0 Å². The molecule has 5 heteroatoms. The largest absolute Gasteiger partial charge is 0.466 e. The monoisotopic (exact) mass is 266 g/mol. The van der Waals surface area contributed by atoms with E-state index in [2.05, 4.69) is 25.2 Å². The van der Waals surface area contributed by atoms with E-state index in [0.717, 1.165) is 21.3 Å². The third-order valence-corrected chi connectivity index (χ3v) is 2.10. The van der Waals surface area contributed by atoms with Crippen LogP contribution in [0.3, 0.4) is 0 Å². The van der Waals surface area contributed by atoms with Crippen molar-refractivity contribution < 1.29 is 9.53 Å². The van der Waals surface area contributed by atoms with E-state index in [-0.39, 0.29) is 12.4 Å². The third kappa shape index (κ3) is 65.8. The molecular formula is C11H26AlClNO2. The zero-order valence-electron chi connectivity index (χ0n) is 11.4. The molecule has 0 aromatic heterocycles. The second-order valence-corrected chi connectivity index (χ2v) is 5.38. The number of rotatable bonds is 3. The number of nitrogens with zero attached hydrogens (tertiary/aromatic N) is 1. The average molecular weight is 267 g/mol. The van der Waals surface area contributed by atoms with E-state index in [0.29, 0.717) is 0 Å². The van der Waals surface area contributed by atoms with Gasteiger partial charge in [0.05, 0.1) is 7.11 Å². The molecule has 97 valence electrons. The summed E-state index contributed by atoms with van der Waals surface area (Å²) in [6.45, 7) is 7.65. The molecule has 1 radical (unpaired) electrons. The van der Waals surface area contributed by atoms with Gasteiger partial charge in [-0.1, -0.05) is 20.4 Å². The maximum atomic E-state index is 9.84. The summed E-state index contributed by atoms with van der Waals surface area (Å²) < 4.78 is 4.14. The predicted octanol–water partition coefficient (Wildman–Crippen LogP) is 2.51. The summed E-state index contributed by atoms with van der Waals surface area (Å²) in [7, 11) is 7.31. The van der Waals surface area contributed by atoms with Gasteiger partial charge < -0.3 is 9.64 Å². The lowest BCUT2D eigenvalue weighted by Crippen LogP contribution is -1.99. The second-order valence-electron chi connectivity index (χ2n) is 3.17. The van der Waals surface area contributed by atoms with Crippen LogP contribution in [-0.2, 0) is 9.53 Å². The first-order valence-corrected chi connectivity index (χ1v) is 6.72. The molecule has 0 bridgehead atoms. The van der Waals surface area contributed by atoms with Gasteiger partial charge in [-0.25, -0.2) is 4.79 Å². The molecule has 0 saturated carbocycles. The molecule has 0 aliphatic carbocycles. The fraction of sp³-hybridized carbons (Fsp3) is 0.727. The van der Waals surface area contributed by atoms with Crippen molar-refractivity contribution in [2.24, 2.45) is 0 Å². The fourth-order valence-corrected chi connectivity index (χ4v) is 0.949. The maximum absolute atomic E-state index is 9.84. The predicted molar refractivity (Wildman–Crippen MR) is 75.8 cm³/mol. The number of hydrogen-bond donors (Lipinski definition) is 0. The molecule has 0 aromatic carbocycles. The smallest absolute Gasteiger partial charge is 0.329 e. The van der Waals surface area contributed by atoms with Crippen LogP contribution in [0.15, 0.2) is 12.7 Å². The third-order valence-electron chi connectivity index (χ3n) is 0.945. The minimum absolute atomic E-state index is 0. The topological polar surface area (TPSA) is 29.5 Å². The summed E-state index contributed by atoms with van der Waals surface area (Å²) in [5, 5.41) is 2.85. The van der Waals surface area contributed by atoms with Crippen LogP contribution in [0, 0.1) is 0 Å². The summed E-state index contributed by atoms with van der Waals surface area (Å²) in [6, 6.07) is 0. The Morgan fingerprint density at radius 1 is 1.31 bits per heavy atom. The number of halogens is 1. The molecule has 0 atom stereocenters. The molecule has 0 heterocycles. The van der Waals surface area contributed by atoms with Crippen LogP contribution in [0.25, 0.3) is 0 Å². The van der Waals surface area contributed by atoms with Crippen molar-refractivity contribution in [1.29, 1.82) is 0 Å². The lowest BCUT2D eigenvalue weighted by Gasteiger charge is -1.90. The zero-order chi connectivity index (χ0) is 12.7. The first kappa shape index (κ1) is 25.0. The van der Waals surface area contributed by atoms with Crippen LogP contribution in [0.1, 0.15) is 13.8 Å². The summed E-state index contributed by atoms with van der Waals surface area (Å²) in [5.74, 6) is -0.394. The van der Waals surface area contributed by atoms with Crippen LogP contribution in [-0.4, -0.2) is 54.3 Å². The van der Waals surface area contributed by atoms with E-state index < -0.39 is 5.97 Å². The highest BCUT2D eigenvalue weighted by Crippen LogP contribution is 1.77. The van der Waals surface area contributed by atoms with Crippen molar-refractivity contribution in [3.63, 3.8) is 0 Å². The van der Waals surface area contributed by atoms with Gasteiger partial charge in [0.25, 0.3) is 0 Å². The van der Waals surface area contributed by atoms with E-state index in [9.17, 15) is 4.79 Å². The Morgan fingerprint density at radius 2 is 1.62 bits per heavy atom. The first-order chi connectivity index (χ1) is 6.95. The Bertz CT molecular complexity index is 139. The number of carbonyl (C=O) groups is 1. The van der Waals surface area contributed by atoms with Gasteiger partial charge in [0.15, 0.2) is 15.2 Å². The Morgan fingerprint density at radius 3 is 1.62 bits per heavy atom. The molecule has 0 unspecified atom stereocenters. The summed E-state index contributed by atoms with van der Waals surface area (Å²) in [4.78, 5) is 11.8. The highest BCUT2D eigenvalue weighted by Gasteiger charge is 1.81. The standard InChI is InChI=1S/C4H6O2.C3H9N.2C2H5.Al.ClH/c1-3-4(5)6-2;1-4(2)3;2*1-2;;/h3H,1H2,2H3;1-3H3;2*1H2,2H3;;1H. The van der Waals surface area contributed by atoms with Crippen molar-refractivity contribution in [1.82, 2.24) is 4.90 Å². The van der Waals surface area contributed by atoms with Crippen LogP contribution >= 0.6 is 12.4 Å². The molecule has 0 N–H and O–H groups in total. The Hall–Kier alpha value is -0.00753. The van der Waals surface area contributed by atoms with Gasteiger partial charge in [-0.05, 0) is 21.1 Å². The summed E-state index contributed by atoms with van der Waals surface area (Å²) in [6.07, 6.45) is 1.11. The van der Waals surface area contributed by atoms with Crippen LogP contribution < -0.4 is 0 Å². The van der Waals surface area contributed by atoms with E-state index >= 15 is 0 Å². The quantitative estimate of drug-likeness (QED) is 0.447. The number of hydrogen-bond acceptors (Lipinski definition) is 3. The summed E-state index contributed by atoms with van der Waals surface area (Å²) >= 11 is 0.815. The Balaban J connectivity index is -0.0000000668. The van der Waals surface area contributed by atoms with Crippen LogP contribution in [0.2, 0.25) is 10.6 Å². The normalized spacial score (nSPS) is 7.19. The van der Waals surface area contributed by atoms with E-state index in [1.165, 1.54) is 17.7 Å². The van der Waals surface area contributed by atoms with Crippen molar-refractivity contribution >= 4 is 33.6 Å². The van der Waals surface area contributed by atoms with Crippen molar-refractivity contribution in [3.05, 3.63) is 12.7 Å². The molecule has 0 saturated heterocycles. The molecule has 0 aliphatic rings. The molecule has 0 aliphatic heterocycles. The number of carbonyl (C=O) groups excluding carboxylic acids is 1. The zero-order valence-corrected chi connectivity index (χ0v) is 13.4. The van der Waals surface area contributed by atoms with Gasteiger partial charge in [-0.2, -0.15) is 0 Å². The summed E-state index contributed by atoms with van der Waals surface area (Å²) in [5.41, 5.74) is 0. The molecular weight excluding hydrogens is 241 g/mol. The SMILES string of the molecule is C=CC(=O)OC.CN(C)C.C[CH2][Al][CH2]C.Cl. The van der Waals surface area contributed by atoms with Gasteiger partial charge >= 0.3 is 5.97 Å². The van der Waals surface area contributed by atoms with Crippen molar-refractivity contribution in [3.8, 4) is 0 Å². The van der Waals surface area contributed by atoms with Crippen molar-refractivity contribution in [2.45, 2.75) is 24.4 Å². The maximum Gasteiger partial charge on any atom is 0.329 e. The lowest BCUT2D eigenvalue weighted by molar-refractivity contribution is -0.134. The van der Waals surface area contributed by atoms with E-state index in [4.69, 9.17) is 0 Å². The molecule has 3 nitrogen and oxygen atoms in total. The van der Waals surface area contributed by atoms with Crippen molar-refractivity contribution in [2.75, 3.05) is 28.3 Å². The van der Waals surface area contributed by atoms with Crippen LogP contribution in [0.4, 0.5) is 0 Å². The second kappa shape index (κ2) is 24.3. The number of ether oxygens (including phenoxy) is 1. The molecule has 0 fully saturated rings. The first-order valence-electron chi connectivity index (χ1n) is 5.09. The average Bonchev–Trinajstić information content (AvgIpc) is 2.18. The molecule has 0 amide bonds. The molecule has 16 heavy (non-hydrogen) atoms. The van der Waals surface area contributed by atoms with Gasteiger partial charge in [-0.15, -0.1) is 23.0 Å². The van der Waals surface area contributed by atoms with Gasteiger partial charge in [-0.3, -0.25) is 0 Å². The number of methoxy groups -OCH3 is 1. The van der Waals surface area contributed by atoms with E-state index in [1.54, 1.807) is 0 Å². The highest BCUT2D eigenvalue weighted by atomic mass is 35.5. The lowest BCUT2D eigenvalue weighted by atomic mass is 10.7. The number of esters is 1. The highest BCUT2D eigenvalue weighted by molar-refractivity contribution is 6.34. The van der Waals surface area contributed by atoms with Gasteiger partial charge in [0, 0.05) is 6.08 Å². The molecule has 0 rings (SSSR count). The van der Waals surface area contributed by atoms with Gasteiger partial charge in [0.2, 0.25) is 0 Å². The van der Waals surface area contributed by atoms with E-state index in [1.807, 2.05) is 26.0 Å². The molecule has 0 aromatic rings.